The number of hydrogen-bond donors (Lipinski definition) is 6. The first-order chi connectivity index (χ1) is 20.1. The van der Waals surface area contributed by atoms with Crippen LogP contribution in [-0.4, -0.2) is 70.0 Å². The van der Waals surface area contributed by atoms with Crippen molar-refractivity contribution in [3.63, 3.8) is 0 Å². The van der Waals surface area contributed by atoms with Crippen LogP contribution in [-0.2, 0) is 32.0 Å². The molecule has 0 saturated heterocycles. The number of carboxylic acid groups (broad SMARTS) is 1. The number of nitrogens with two attached hydrogens (primary N) is 1. The van der Waals surface area contributed by atoms with E-state index in [0.717, 1.165) is 22.0 Å². The van der Waals surface area contributed by atoms with E-state index in [1.807, 2.05) is 50.4 Å². The van der Waals surface area contributed by atoms with Gasteiger partial charge in [0.1, 0.15) is 18.1 Å². The third-order valence-electron chi connectivity index (χ3n) is 6.94. The molecule has 0 spiro atoms. The molecule has 1 aromatic heterocycles. The van der Waals surface area contributed by atoms with Crippen LogP contribution in [0.5, 0.6) is 0 Å². The molecular weight excluding hydrogens is 554 g/mol. The zero-order chi connectivity index (χ0) is 30.6. The van der Waals surface area contributed by atoms with E-state index < -0.39 is 47.9 Å². The molecule has 7 N–H and O–H groups in total. The number of carbonyl (C=O) groups excluding carboxylic acids is 3. The standard InChI is InChI=1S/C31H41N5O5S/c1-19(2)15-25(29(38)36-27(31(40)41)16-20-9-5-4-6-10-20)35-30(39)26(34-28(37)23(32)13-14-42-3)17-21-18-33-24-12-8-7-11-22(21)24/h4-12,18-19,23,25-27,33H,13-17,32H2,1-3H3,(H,34,37)(H,35,39)(H,36,38)(H,40,41). The minimum atomic E-state index is -1.18. The van der Waals surface area contributed by atoms with Gasteiger partial charge in [0, 0.05) is 29.9 Å². The number of H-pyrrole nitrogens is 1. The van der Waals surface area contributed by atoms with Gasteiger partial charge in [0.25, 0.3) is 0 Å². The highest BCUT2D eigenvalue weighted by atomic mass is 32.2. The second-order valence-corrected chi connectivity index (χ2v) is 11.8. The smallest absolute Gasteiger partial charge is 0.326 e. The first-order valence-electron chi connectivity index (χ1n) is 14.1. The van der Waals surface area contributed by atoms with Gasteiger partial charge >= 0.3 is 5.97 Å². The molecule has 2 aromatic carbocycles. The number of aliphatic carboxylic acids is 1. The number of para-hydroxylation sites is 1. The van der Waals surface area contributed by atoms with Crippen molar-refractivity contribution in [2.75, 3.05) is 12.0 Å². The number of aromatic amines is 1. The highest BCUT2D eigenvalue weighted by Crippen LogP contribution is 2.19. The van der Waals surface area contributed by atoms with Gasteiger partial charge in [-0.15, -0.1) is 0 Å². The molecule has 10 nitrogen and oxygen atoms in total. The topological polar surface area (TPSA) is 166 Å². The number of carbonyl (C=O) groups is 4. The summed E-state index contributed by atoms with van der Waals surface area (Å²) in [6.07, 6.45) is 4.70. The fraction of sp³-hybridized carbons (Fsp3) is 0.419. The Labute approximate surface area is 250 Å². The summed E-state index contributed by atoms with van der Waals surface area (Å²) in [4.78, 5) is 55.2. The average Bonchev–Trinajstić information content (AvgIpc) is 3.37. The number of hydrogen-bond acceptors (Lipinski definition) is 6. The zero-order valence-electron chi connectivity index (χ0n) is 24.3. The molecule has 0 aliphatic heterocycles. The summed E-state index contributed by atoms with van der Waals surface area (Å²) in [5, 5.41) is 18.9. The maximum absolute atomic E-state index is 13.7. The predicted octanol–water partition coefficient (Wildman–Crippen LogP) is 2.62. The Morgan fingerprint density at radius 2 is 1.48 bits per heavy atom. The highest BCUT2D eigenvalue weighted by molar-refractivity contribution is 7.98. The molecule has 3 aromatic rings. The maximum atomic E-state index is 13.7. The number of benzene rings is 2. The van der Waals surface area contributed by atoms with Crippen molar-refractivity contribution in [2.24, 2.45) is 11.7 Å². The minimum absolute atomic E-state index is 0.0140. The van der Waals surface area contributed by atoms with E-state index in [-0.39, 0.29) is 25.2 Å². The number of thioether (sulfide) groups is 1. The van der Waals surface area contributed by atoms with E-state index in [9.17, 15) is 24.3 Å². The lowest BCUT2D eigenvalue weighted by Gasteiger charge is -2.26. The van der Waals surface area contributed by atoms with Crippen molar-refractivity contribution in [3.8, 4) is 0 Å². The first-order valence-corrected chi connectivity index (χ1v) is 15.5. The molecule has 0 radical (unpaired) electrons. The van der Waals surface area contributed by atoms with Crippen molar-refractivity contribution in [1.82, 2.24) is 20.9 Å². The summed E-state index contributed by atoms with van der Waals surface area (Å²) in [7, 11) is 0. The molecule has 11 heteroatoms. The van der Waals surface area contributed by atoms with Gasteiger partial charge in [0.15, 0.2) is 0 Å². The van der Waals surface area contributed by atoms with Crippen LogP contribution in [0.15, 0.2) is 60.8 Å². The summed E-state index contributed by atoms with van der Waals surface area (Å²) in [6, 6.07) is 12.6. The minimum Gasteiger partial charge on any atom is -0.480 e. The summed E-state index contributed by atoms with van der Waals surface area (Å²) in [6.45, 7) is 3.81. The summed E-state index contributed by atoms with van der Waals surface area (Å²) in [5.41, 5.74) is 8.57. The third kappa shape index (κ3) is 9.63. The van der Waals surface area contributed by atoms with E-state index in [0.29, 0.717) is 12.2 Å². The maximum Gasteiger partial charge on any atom is 0.326 e. The number of aromatic nitrogens is 1. The van der Waals surface area contributed by atoms with E-state index >= 15 is 0 Å². The molecule has 0 aliphatic rings. The first kappa shape index (κ1) is 32.7. The molecule has 0 bridgehead atoms. The van der Waals surface area contributed by atoms with Crippen molar-refractivity contribution in [1.29, 1.82) is 0 Å². The largest absolute Gasteiger partial charge is 0.480 e. The number of amides is 3. The number of carboxylic acids is 1. The van der Waals surface area contributed by atoms with Crippen LogP contribution in [0.1, 0.15) is 37.8 Å². The SMILES string of the molecule is CSCCC(N)C(=O)NC(Cc1c[nH]c2ccccc12)C(=O)NC(CC(C)C)C(=O)NC(Cc1ccccc1)C(=O)O. The molecule has 42 heavy (non-hydrogen) atoms. The Morgan fingerprint density at radius 1 is 0.857 bits per heavy atom. The molecule has 0 aliphatic carbocycles. The number of fused-ring (bicyclic) bond motifs is 1. The second kappa shape index (κ2) is 16.0. The normalized spacial score (nSPS) is 14.1. The van der Waals surface area contributed by atoms with Crippen molar-refractivity contribution in [3.05, 3.63) is 71.9 Å². The van der Waals surface area contributed by atoms with Gasteiger partial charge in [0.05, 0.1) is 6.04 Å². The van der Waals surface area contributed by atoms with E-state index in [1.54, 1.807) is 42.2 Å². The van der Waals surface area contributed by atoms with Gasteiger partial charge < -0.3 is 31.8 Å². The third-order valence-corrected chi connectivity index (χ3v) is 7.58. The van der Waals surface area contributed by atoms with E-state index in [2.05, 4.69) is 20.9 Å². The Hall–Kier alpha value is -3.83. The fourth-order valence-corrected chi connectivity index (χ4v) is 5.17. The Morgan fingerprint density at radius 3 is 2.14 bits per heavy atom. The van der Waals surface area contributed by atoms with E-state index in [4.69, 9.17) is 5.73 Å². The van der Waals surface area contributed by atoms with Crippen LogP contribution < -0.4 is 21.7 Å². The molecule has 0 saturated carbocycles. The van der Waals surface area contributed by atoms with Crippen LogP contribution in [0.4, 0.5) is 0 Å². The molecule has 3 rings (SSSR count). The summed E-state index contributed by atoms with van der Waals surface area (Å²) < 4.78 is 0. The summed E-state index contributed by atoms with van der Waals surface area (Å²) in [5.74, 6) is -2.08. The molecule has 0 fully saturated rings. The van der Waals surface area contributed by atoms with Crippen molar-refractivity contribution in [2.45, 2.75) is 63.7 Å². The van der Waals surface area contributed by atoms with Gasteiger partial charge in [-0.05, 0) is 48.0 Å². The van der Waals surface area contributed by atoms with Crippen LogP contribution in [0.2, 0.25) is 0 Å². The zero-order valence-corrected chi connectivity index (χ0v) is 25.1. The Kier molecular flexibility index (Phi) is 12.4. The average molecular weight is 596 g/mol. The molecule has 1 heterocycles. The van der Waals surface area contributed by atoms with Crippen molar-refractivity contribution < 1.29 is 24.3 Å². The van der Waals surface area contributed by atoms with Gasteiger partial charge in [-0.1, -0.05) is 62.4 Å². The lowest BCUT2D eigenvalue weighted by molar-refractivity contribution is -0.142. The summed E-state index contributed by atoms with van der Waals surface area (Å²) >= 11 is 1.57. The Bertz CT molecular complexity index is 1350. The lowest BCUT2D eigenvalue weighted by Crippen LogP contribution is -2.58. The monoisotopic (exact) mass is 595 g/mol. The van der Waals surface area contributed by atoms with Crippen molar-refractivity contribution >= 4 is 46.4 Å². The second-order valence-electron chi connectivity index (χ2n) is 10.8. The lowest BCUT2D eigenvalue weighted by atomic mass is 9.99. The molecule has 3 amide bonds. The van der Waals surface area contributed by atoms with Crippen LogP contribution in [0.3, 0.4) is 0 Å². The number of nitrogens with one attached hydrogen (secondary N) is 4. The van der Waals surface area contributed by atoms with Gasteiger partial charge in [-0.25, -0.2) is 4.79 Å². The van der Waals surface area contributed by atoms with Crippen LogP contribution in [0, 0.1) is 5.92 Å². The highest BCUT2D eigenvalue weighted by Gasteiger charge is 2.31. The fourth-order valence-electron chi connectivity index (χ4n) is 4.68. The molecule has 4 atom stereocenters. The quantitative estimate of drug-likeness (QED) is 0.148. The van der Waals surface area contributed by atoms with Gasteiger partial charge in [0.2, 0.25) is 17.7 Å². The molecular formula is C31H41N5O5S. The molecule has 4 unspecified atom stereocenters. The van der Waals surface area contributed by atoms with Gasteiger partial charge in [-0.2, -0.15) is 11.8 Å². The van der Waals surface area contributed by atoms with Crippen LogP contribution >= 0.6 is 11.8 Å². The van der Waals surface area contributed by atoms with Gasteiger partial charge in [-0.3, -0.25) is 14.4 Å². The number of rotatable bonds is 16. The molecule has 226 valence electrons. The Balaban J connectivity index is 1.81. The van der Waals surface area contributed by atoms with E-state index in [1.165, 1.54) is 0 Å². The van der Waals surface area contributed by atoms with Crippen LogP contribution in [0.25, 0.3) is 10.9 Å². The predicted molar refractivity (Wildman–Crippen MR) is 166 cm³/mol.